The molecule has 6 heteroatoms. The summed E-state index contributed by atoms with van der Waals surface area (Å²) < 4.78 is 0. The van der Waals surface area contributed by atoms with Gasteiger partial charge in [0.05, 0.1) is 0 Å². The Balaban J connectivity index is 0.00000243. The maximum atomic E-state index is 13.1. The Morgan fingerprint density at radius 1 is 1.23 bits per heavy atom. The van der Waals surface area contributed by atoms with E-state index in [-0.39, 0.29) is 36.2 Å². The lowest BCUT2D eigenvalue weighted by molar-refractivity contribution is -0.133. The molecule has 1 aliphatic carbocycles. The molecule has 1 aliphatic heterocycles. The molecule has 1 saturated heterocycles. The van der Waals surface area contributed by atoms with Crippen LogP contribution in [-0.4, -0.2) is 41.9 Å². The summed E-state index contributed by atoms with van der Waals surface area (Å²) in [6.07, 6.45) is 3.02. The van der Waals surface area contributed by atoms with Crippen LogP contribution in [0.4, 0.5) is 0 Å². The summed E-state index contributed by atoms with van der Waals surface area (Å²) in [7, 11) is 0. The third-order valence-corrected chi connectivity index (χ3v) is 6.03. The number of hydrogen-bond donors (Lipinski definition) is 2. The van der Waals surface area contributed by atoms with Crippen LogP contribution in [0.1, 0.15) is 43.5 Å². The van der Waals surface area contributed by atoms with Crippen LogP contribution in [0.15, 0.2) is 30.3 Å². The minimum atomic E-state index is -0.479. The van der Waals surface area contributed by atoms with E-state index in [0.717, 1.165) is 32.4 Å². The Bertz CT molecular complexity index is 625. The SMILES string of the molecule is CCC(C)C(NC(=O)c1ccccc1)C(=O)N1CC2CCC(N)C2C1.Cl. The van der Waals surface area contributed by atoms with Crippen LogP contribution < -0.4 is 11.1 Å². The number of halogens is 1. The summed E-state index contributed by atoms with van der Waals surface area (Å²) in [4.78, 5) is 27.6. The Morgan fingerprint density at radius 2 is 1.92 bits per heavy atom. The van der Waals surface area contributed by atoms with Crippen molar-refractivity contribution < 1.29 is 9.59 Å². The number of carbonyl (C=O) groups is 2. The molecule has 5 nitrogen and oxygen atoms in total. The molecular weight excluding hydrogens is 350 g/mol. The normalized spacial score (nSPS) is 26.6. The number of fused-ring (bicyclic) bond motifs is 1. The lowest BCUT2D eigenvalue weighted by atomic mass is 9.97. The second-order valence-electron chi connectivity index (χ2n) is 7.61. The standard InChI is InChI=1S/C20H29N3O2.ClH/c1-3-13(2)18(22-19(24)14-7-5-4-6-8-14)20(25)23-11-15-9-10-17(21)16(15)12-23;/h4-8,13,15-18H,3,9-12,21H2,1-2H3,(H,22,24);1H. The van der Waals surface area contributed by atoms with E-state index in [4.69, 9.17) is 5.73 Å². The quantitative estimate of drug-likeness (QED) is 0.825. The van der Waals surface area contributed by atoms with Gasteiger partial charge in [-0.15, -0.1) is 12.4 Å². The first-order valence-corrected chi connectivity index (χ1v) is 9.41. The molecule has 2 fully saturated rings. The zero-order valence-corrected chi connectivity index (χ0v) is 16.4. The minimum Gasteiger partial charge on any atom is -0.340 e. The van der Waals surface area contributed by atoms with Crippen LogP contribution in [-0.2, 0) is 4.79 Å². The molecule has 144 valence electrons. The number of amides is 2. The van der Waals surface area contributed by atoms with E-state index in [1.807, 2.05) is 36.9 Å². The summed E-state index contributed by atoms with van der Waals surface area (Å²) in [6.45, 7) is 5.59. The van der Waals surface area contributed by atoms with Crippen LogP contribution in [0.2, 0.25) is 0 Å². The highest BCUT2D eigenvalue weighted by atomic mass is 35.5. The average Bonchev–Trinajstić information content (AvgIpc) is 3.21. The number of carbonyl (C=O) groups excluding carboxylic acids is 2. The lowest BCUT2D eigenvalue weighted by Crippen LogP contribution is -2.51. The van der Waals surface area contributed by atoms with Crippen molar-refractivity contribution in [3.63, 3.8) is 0 Å². The monoisotopic (exact) mass is 379 g/mol. The highest BCUT2D eigenvalue weighted by molar-refractivity contribution is 5.97. The molecule has 1 aromatic carbocycles. The van der Waals surface area contributed by atoms with E-state index in [1.165, 1.54) is 0 Å². The van der Waals surface area contributed by atoms with Gasteiger partial charge in [-0.3, -0.25) is 9.59 Å². The average molecular weight is 380 g/mol. The molecule has 1 saturated carbocycles. The summed E-state index contributed by atoms with van der Waals surface area (Å²) in [5, 5.41) is 2.98. The van der Waals surface area contributed by atoms with Gasteiger partial charge in [0.1, 0.15) is 6.04 Å². The van der Waals surface area contributed by atoms with Crippen molar-refractivity contribution in [2.24, 2.45) is 23.5 Å². The molecule has 3 rings (SSSR count). The first kappa shape index (κ1) is 20.7. The summed E-state index contributed by atoms with van der Waals surface area (Å²) in [6, 6.07) is 8.81. The highest BCUT2D eigenvalue weighted by Gasteiger charge is 2.44. The second-order valence-corrected chi connectivity index (χ2v) is 7.61. The van der Waals surface area contributed by atoms with Crippen LogP contribution in [0.5, 0.6) is 0 Å². The number of nitrogens with one attached hydrogen (secondary N) is 1. The van der Waals surface area contributed by atoms with Crippen LogP contribution in [0.3, 0.4) is 0 Å². The molecule has 1 aromatic rings. The summed E-state index contributed by atoms with van der Waals surface area (Å²) in [5.74, 6) is 0.901. The van der Waals surface area contributed by atoms with Crippen molar-refractivity contribution >= 4 is 24.2 Å². The number of likely N-dealkylation sites (tertiary alicyclic amines) is 1. The van der Waals surface area contributed by atoms with Crippen LogP contribution >= 0.6 is 12.4 Å². The van der Waals surface area contributed by atoms with Crippen molar-refractivity contribution in [2.75, 3.05) is 13.1 Å². The first-order valence-electron chi connectivity index (χ1n) is 9.41. The van der Waals surface area contributed by atoms with Gasteiger partial charge in [0.15, 0.2) is 0 Å². The molecule has 5 atom stereocenters. The number of nitrogens with two attached hydrogens (primary N) is 1. The van der Waals surface area contributed by atoms with Gasteiger partial charge in [-0.05, 0) is 42.7 Å². The molecular formula is C20H30ClN3O2. The molecule has 0 spiro atoms. The molecule has 2 aliphatic rings. The molecule has 26 heavy (non-hydrogen) atoms. The first-order chi connectivity index (χ1) is 12.0. The van der Waals surface area contributed by atoms with Crippen molar-refractivity contribution in [3.8, 4) is 0 Å². The molecule has 1 heterocycles. The van der Waals surface area contributed by atoms with E-state index >= 15 is 0 Å². The largest absolute Gasteiger partial charge is 0.340 e. The Hall–Kier alpha value is -1.59. The van der Waals surface area contributed by atoms with E-state index in [9.17, 15) is 9.59 Å². The van der Waals surface area contributed by atoms with Gasteiger partial charge in [0.2, 0.25) is 5.91 Å². The molecule has 2 amide bonds. The molecule has 0 aromatic heterocycles. The predicted octanol–water partition coefficient (Wildman–Crippen LogP) is 2.45. The van der Waals surface area contributed by atoms with Gasteiger partial charge in [-0.2, -0.15) is 0 Å². The summed E-state index contributed by atoms with van der Waals surface area (Å²) in [5.41, 5.74) is 6.78. The smallest absolute Gasteiger partial charge is 0.251 e. The fourth-order valence-corrected chi connectivity index (χ4v) is 4.18. The highest BCUT2D eigenvalue weighted by Crippen LogP contribution is 2.37. The van der Waals surface area contributed by atoms with Gasteiger partial charge in [0.25, 0.3) is 5.91 Å². The molecule has 0 radical (unpaired) electrons. The fraction of sp³-hybridized carbons (Fsp3) is 0.600. The van der Waals surface area contributed by atoms with Crippen molar-refractivity contribution in [1.82, 2.24) is 10.2 Å². The van der Waals surface area contributed by atoms with E-state index in [2.05, 4.69) is 5.32 Å². The Morgan fingerprint density at radius 3 is 2.54 bits per heavy atom. The Labute approximate surface area is 162 Å². The number of benzene rings is 1. The molecule has 5 unspecified atom stereocenters. The molecule has 0 bridgehead atoms. The number of nitrogens with zero attached hydrogens (tertiary/aromatic N) is 1. The lowest BCUT2D eigenvalue weighted by Gasteiger charge is -2.29. The fourth-order valence-electron chi connectivity index (χ4n) is 4.18. The third kappa shape index (κ3) is 4.21. The zero-order chi connectivity index (χ0) is 18.0. The van der Waals surface area contributed by atoms with Gasteiger partial charge in [0, 0.05) is 24.7 Å². The van der Waals surface area contributed by atoms with Crippen molar-refractivity contribution in [3.05, 3.63) is 35.9 Å². The predicted molar refractivity (Wildman–Crippen MR) is 105 cm³/mol. The van der Waals surface area contributed by atoms with Gasteiger partial charge < -0.3 is 16.0 Å². The summed E-state index contributed by atoms with van der Waals surface area (Å²) >= 11 is 0. The van der Waals surface area contributed by atoms with E-state index in [0.29, 0.717) is 17.4 Å². The van der Waals surface area contributed by atoms with Gasteiger partial charge >= 0.3 is 0 Å². The van der Waals surface area contributed by atoms with Crippen LogP contribution in [0.25, 0.3) is 0 Å². The topological polar surface area (TPSA) is 75.4 Å². The van der Waals surface area contributed by atoms with E-state index < -0.39 is 6.04 Å². The second kappa shape index (κ2) is 8.87. The third-order valence-electron chi connectivity index (χ3n) is 6.03. The number of hydrogen-bond acceptors (Lipinski definition) is 3. The Kier molecular flexibility index (Phi) is 7.07. The number of rotatable bonds is 5. The maximum Gasteiger partial charge on any atom is 0.251 e. The molecule has 3 N–H and O–H groups in total. The maximum absolute atomic E-state index is 13.1. The van der Waals surface area contributed by atoms with Crippen molar-refractivity contribution in [1.29, 1.82) is 0 Å². The van der Waals surface area contributed by atoms with Crippen molar-refractivity contribution in [2.45, 2.75) is 45.2 Å². The van der Waals surface area contributed by atoms with Gasteiger partial charge in [-0.1, -0.05) is 38.5 Å². The van der Waals surface area contributed by atoms with Gasteiger partial charge in [-0.25, -0.2) is 0 Å². The zero-order valence-electron chi connectivity index (χ0n) is 15.6. The van der Waals surface area contributed by atoms with Crippen LogP contribution in [0, 0.1) is 17.8 Å². The minimum absolute atomic E-state index is 0. The van der Waals surface area contributed by atoms with E-state index in [1.54, 1.807) is 12.1 Å².